The first-order chi connectivity index (χ1) is 11.2. The number of hydrogen-bond acceptors (Lipinski definition) is 2. The Morgan fingerprint density at radius 2 is 1.70 bits per heavy atom. The molecule has 0 fully saturated rings. The third-order valence-electron chi connectivity index (χ3n) is 4.42. The van der Waals surface area contributed by atoms with Crippen LogP contribution in [0.2, 0.25) is 0 Å². The number of aryl methyl sites for hydroxylation is 2. The highest BCUT2D eigenvalue weighted by Crippen LogP contribution is 2.34. The van der Waals surface area contributed by atoms with Gasteiger partial charge >= 0.3 is 0 Å². The van der Waals surface area contributed by atoms with Crippen LogP contribution in [-0.2, 0) is 7.05 Å². The van der Waals surface area contributed by atoms with Crippen molar-refractivity contribution < 1.29 is 0 Å². The van der Waals surface area contributed by atoms with Crippen molar-refractivity contribution in [3.63, 3.8) is 0 Å². The van der Waals surface area contributed by atoms with Gasteiger partial charge < -0.3 is 4.57 Å². The normalized spacial score (nSPS) is 11.0. The lowest BCUT2D eigenvalue weighted by molar-refractivity contribution is 0.969. The highest BCUT2D eigenvalue weighted by Gasteiger charge is 2.17. The Morgan fingerprint density at radius 1 is 1.00 bits per heavy atom. The molecule has 2 aromatic heterocycles. The molecule has 23 heavy (non-hydrogen) atoms. The van der Waals surface area contributed by atoms with E-state index in [0.717, 1.165) is 38.6 Å². The highest BCUT2D eigenvalue weighted by atomic mass is 14.9. The lowest BCUT2D eigenvalue weighted by Gasteiger charge is -2.09. The summed E-state index contributed by atoms with van der Waals surface area (Å²) >= 11 is 0. The van der Waals surface area contributed by atoms with Gasteiger partial charge in [0.05, 0.1) is 16.8 Å². The molecule has 2 heterocycles. The number of aromatic nitrogens is 2. The molecule has 0 N–H and O–H groups in total. The molecule has 2 aromatic carbocycles. The van der Waals surface area contributed by atoms with Gasteiger partial charge in [-0.2, -0.15) is 5.26 Å². The lowest BCUT2D eigenvalue weighted by atomic mass is 9.98. The summed E-state index contributed by atoms with van der Waals surface area (Å²) in [6.45, 7) is 2.00. The van der Waals surface area contributed by atoms with E-state index in [2.05, 4.69) is 29.0 Å². The summed E-state index contributed by atoms with van der Waals surface area (Å²) in [5.41, 5.74) is 5.47. The minimum atomic E-state index is 0.653. The number of benzene rings is 2. The van der Waals surface area contributed by atoms with Gasteiger partial charge in [0.25, 0.3) is 0 Å². The van der Waals surface area contributed by atoms with Crippen LogP contribution in [0.1, 0.15) is 11.1 Å². The van der Waals surface area contributed by atoms with Crippen LogP contribution in [0.3, 0.4) is 0 Å². The van der Waals surface area contributed by atoms with Gasteiger partial charge in [-0.1, -0.05) is 36.4 Å². The van der Waals surface area contributed by atoms with Gasteiger partial charge in [0, 0.05) is 35.1 Å². The number of rotatable bonds is 1. The third kappa shape index (κ3) is 1.92. The van der Waals surface area contributed by atoms with Crippen LogP contribution in [-0.4, -0.2) is 9.55 Å². The van der Waals surface area contributed by atoms with Crippen LogP contribution in [0.15, 0.2) is 54.7 Å². The first kappa shape index (κ1) is 13.5. The largest absolute Gasteiger partial charge is 0.350 e. The number of nitriles is 1. The molecule has 0 saturated carbocycles. The fraction of sp³-hybridized carbons (Fsp3) is 0.100. The van der Waals surface area contributed by atoms with Gasteiger partial charge in [0.15, 0.2) is 0 Å². The smallest absolute Gasteiger partial charge is 0.102 e. The number of pyridine rings is 1. The van der Waals surface area contributed by atoms with Crippen LogP contribution in [0.4, 0.5) is 0 Å². The Morgan fingerprint density at radius 3 is 2.48 bits per heavy atom. The zero-order valence-electron chi connectivity index (χ0n) is 13.0. The first-order valence-corrected chi connectivity index (χ1v) is 7.54. The molecular weight excluding hydrogens is 282 g/mol. The van der Waals surface area contributed by atoms with Crippen LogP contribution < -0.4 is 0 Å². The Kier molecular flexibility index (Phi) is 2.92. The van der Waals surface area contributed by atoms with Crippen molar-refractivity contribution >= 4 is 21.8 Å². The van der Waals surface area contributed by atoms with E-state index < -0.39 is 0 Å². The average Bonchev–Trinajstić information content (AvgIpc) is 2.92. The molecule has 0 aliphatic rings. The number of fused-ring (bicyclic) bond motifs is 2. The quantitative estimate of drug-likeness (QED) is 0.516. The topological polar surface area (TPSA) is 41.6 Å². The average molecular weight is 297 g/mol. The Balaban J connectivity index is 2.15. The molecule has 3 nitrogen and oxygen atoms in total. The van der Waals surface area contributed by atoms with Gasteiger partial charge in [-0.05, 0) is 24.6 Å². The first-order valence-electron chi connectivity index (χ1n) is 7.54. The number of para-hydroxylation sites is 2. The molecule has 4 rings (SSSR count). The van der Waals surface area contributed by atoms with Gasteiger partial charge in [0.1, 0.15) is 6.07 Å². The zero-order chi connectivity index (χ0) is 16.0. The standard InChI is InChI=1S/C20H15N3/c1-13-14-7-3-5-9-18(14)22-20(16(13)11-21)17-12-23(2)19-10-6-4-8-15(17)19/h3-10,12H,1-2H3. The van der Waals surface area contributed by atoms with E-state index in [1.54, 1.807) is 0 Å². The predicted octanol–water partition coefficient (Wildman–Crippen LogP) is 4.57. The summed E-state index contributed by atoms with van der Waals surface area (Å²) in [5, 5.41) is 11.9. The monoisotopic (exact) mass is 297 g/mol. The van der Waals surface area contributed by atoms with E-state index in [0.29, 0.717) is 5.56 Å². The number of hydrogen-bond donors (Lipinski definition) is 0. The molecule has 0 bridgehead atoms. The fourth-order valence-corrected chi connectivity index (χ4v) is 3.24. The molecule has 3 heteroatoms. The SMILES string of the molecule is Cc1c(C#N)c(-c2cn(C)c3ccccc23)nc2ccccc12. The second-order valence-corrected chi connectivity index (χ2v) is 5.76. The maximum absolute atomic E-state index is 9.70. The van der Waals surface area contributed by atoms with Gasteiger partial charge in [0.2, 0.25) is 0 Å². The van der Waals surface area contributed by atoms with Crippen molar-refractivity contribution in [1.29, 1.82) is 5.26 Å². The third-order valence-corrected chi connectivity index (χ3v) is 4.42. The summed E-state index contributed by atoms with van der Waals surface area (Å²) in [7, 11) is 2.02. The van der Waals surface area contributed by atoms with Crippen LogP contribution >= 0.6 is 0 Å². The van der Waals surface area contributed by atoms with Gasteiger partial charge in [-0.25, -0.2) is 4.98 Å². The molecule has 0 aliphatic heterocycles. The van der Waals surface area contributed by atoms with Crippen molar-refractivity contribution in [1.82, 2.24) is 9.55 Å². The van der Waals surface area contributed by atoms with E-state index in [4.69, 9.17) is 4.98 Å². The van der Waals surface area contributed by atoms with Crippen molar-refractivity contribution in [2.45, 2.75) is 6.92 Å². The highest BCUT2D eigenvalue weighted by molar-refractivity contribution is 5.98. The molecule has 0 spiro atoms. The maximum atomic E-state index is 9.70. The predicted molar refractivity (Wildman–Crippen MR) is 93.1 cm³/mol. The van der Waals surface area contributed by atoms with Crippen molar-refractivity contribution in [3.05, 3.63) is 65.9 Å². The number of nitrogens with zero attached hydrogens (tertiary/aromatic N) is 3. The Hall–Kier alpha value is -3.12. The summed E-state index contributed by atoms with van der Waals surface area (Å²) < 4.78 is 2.08. The lowest BCUT2D eigenvalue weighted by Crippen LogP contribution is -1.95. The van der Waals surface area contributed by atoms with E-state index in [-0.39, 0.29) is 0 Å². The molecule has 0 radical (unpaired) electrons. The van der Waals surface area contributed by atoms with Crippen LogP contribution in [0, 0.1) is 18.3 Å². The zero-order valence-corrected chi connectivity index (χ0v) is 13.0. The Labute approximate surface area is 134 Å². The minimum Gasteiger partial charge on any atom is -0.350 e. The molecule has 0 aliphatic carbocycles. The molecular formula is C20H15N3. The second-order valence-electron chi connectivity index (χ2n) is 5.76. The summed E-state index contributed by atoms with van der Waals surface area (Å²) in [5.74, 6) is 0. The molecule has 0 unspecified atom stereocenters. The molecule has 0 amide bonds. The van der Waals surface area contributed by atoms with E-state index in [1.165, 1.54) is 0 Å². The van der Waals surface area contributed by atoms with Gasteiger partial charge in [-0.15, -0.1) is 0 Å². The van der Waals surface area contributed by atoms with E-state index in [9.17, 15) is 5.26 Å². The van der Waals surface area contributed by atoms with Crippen molar-refractivity contribution in [3.8, 4) is 17.3 Å². The second kappa shape index (κ2) is 4.96. The van der Waals surface area contributed by atoms with E-state index in [1.807, 2.05) is 50.4 Å². The molecule has 0 atom stereocenters. The van der Waals surface area contributed by atoms with Gasteiger partial charge in [-0.3, -0.25) is 0 Å². The summed E-state index contributed by atoms with van der Waals surface area (Å²) in [4.78, 5) is 4.80. The minimum absolute atomic E-state index is 0.653. The molecule has 0 saturated heterocycles. The molecule has 4 aromatic rings. The van der Waals surface area contributed by atoms with Crippen LogP contribution in [0.5, 0.6) is 0 Å². The Bertz CT molecular complexity index is 1100. The van der Waals surface area contributed by atoms with E-state index >= 15 is 0 Å². The summed E-state index contributed by atoms with van der Waals surface area (Å²) in [6.07, 6.45) is 2.06. The van der Waals surface area contributed by atoms with Crippen LogP contribution in [0.25, 0.3) is 33.1 Å². The maximum Gasteiger partial charge on any atom is 0.102 e. The fourth-order valence-electron chi connectivity index (χ4n) is 3.24. The molecule has 110 valence electrons. The van der Waals surface area contributed by atoms with Crippen molar-refractivity contribution in [2.75, 3.05) is 0 Å². The van der Waals surface area contributed by atoms with Crippen molar-refractivity contribution in [2.24, 2.45) is 7.05 Å². The summed E-state index contributed by atoms with van der Waals surface area (Å²) in [6, 6.07) is 18.5.